The maximum absolute atomic E-state index is 13.4. The molecule has 7 rings (SSSR count). The van der Waals surface area contributed by atoms with Crippen LogP contribution in [0.2, 0.25) is 0 Å². The number of benzene rings is 5. The van der Waals surface area contributed by atoms with Crippen LogP contribution in [0, 0.1) is 0 Å². The summed E-state index contributed by atoms with van der Waals surface area (Å²) in [6.45, 7) is 0. The molecule has 0 amide bonds. The highest BCUT2D eigenvalue weighted by Crippen LogP contribution is 2.62. The van der Waals surface area contributed by atoms with Gasteiger partial charge in [0.2, 0.25) is 0 Å². The summed E-state index contributed by atoms with van der Waals surface area (Å²) >= 11 is 0. The molecule has 2 nitrogen and oxygen atoms in total. The highest BCUT2D eigenvalue weighted by molar-refractivity contribution is 6.08. The molecule has 0 N–H and O–H groups in total. The van der Waals surface area contributed by atoms with Crippen LogP contribution in [-0.2, 0) is 5.41 Å². The lowest BCUT2D eigenvalue weighted by Gasteiger charge is -2.30. The zero-order valence-corrected chi connectivity index (χ0v) is 20.4. The Kier molecular flexibility index (Phi) is 4.77. The first-order valence-corrected chi connectivity index (χ1v) is 12.5. The van der Waals surface area contributed by atoms with Gasteiger partial charge >= 0.3 is 0 Å². The first-order valence-electron chi connectivity index (χ1n) is 12.5. The molecule has 37 heavy (non-hydrogen) atoms. The minimum atomic E-state index is -0.435. The lowest BCUT2D eigenvalue weighted by atomic mass is 9.70. The van der Waals surface area contributed by atoms with Gasteiger partial charge in [0, 0.05) is 5.56 Å². The van der Waals surface area contributed by atoms with E-state index < -0.39 is 5.41 Å². The second-order valence-electron chi connectivity index (χ2n) is 9.62. The molecule has 2 aliphatic carbocycles. The monoisotopic (exact) mass is 476 g/mol. The molecular weight excluding hydrogens is 452 g/mol. The van der Waals surface area contributed by atoms with Gasteiger partial charge in [-0.1, -0.05) is 103 Å². The van der Waals surface area contributed by atoms with Crippen LogP contribution >= 0.6 is 0 Å². The average Bonchev–Trinajstić information content (AvgIpc) is 3.43. The second kappa shape index (κ2) is 8.18. The Hall–Kier alpha value is -4.69. The van der Waals surface area contributed by atoms with Crippen molar-refractivity contribution in [2.75, 3.05) is 7.11 Å². The quantitative estimate of drug-likeness (QED) is 0.190. The molecule has 5 aromatic carbocycles. The van der Waals surface area contributed by atoms with E-state index >= 15 is 0 Å². The van der Waals surface area contributed by atoms with Gasteiger partial charge in [-0.15, -0.1) is 0 Å². The summed E-state index contributed by atoms with van der Waals surface area (Å²) in [7, 11) is 1.65. The standard InChI is InChI=1S/C35H24O2/c1-37-25-18-14-23(15-19-25)16-21-34(36)24-17-20-29-28-10-4-7-13-32(28)35(33(29)22-24)30-11-5-2-8-26(30)27-9-3-6-12-31(27)35/h2-22H,1H3. The zero-order chi connectivity index (χ0) is 25.0. The molecule has 0 aliphatic heterocycles. The summed E-state index contributed by atoms with van der Waals surface area (Å²) < 4.78 is 5.24. The second-order valence-corrected chi connectivity index (χ2v) is 9.62. The predicted molar refractivity (Wildman–Crippen MR) is 149 cm³/mol. The van der Waals surface area contributed by atoms with E-state index in [4.69, 9.17) is 4.74 Å². The van der Waals surface area contributed by atoms with Crippen LogP contribution < -0.4 is 4.74 Å². The summed E-state index contributed by atoms with van der Waals surface area (Å²) in [6.07, 6.45) is 3.52. The fraction of sp³-hybridized carbons (Fsp3) is 0.0571. The highest BCUT2D eigenvalue weighted by Gasteiger charge is 2.51. The Labute approximate surface area is 216 Å². The van der Waals surface area contributed by atoms with Crippen molar-refractivity contribution in [1.82, 2.24) is 0 Å². The van der Waals surface area contributed by atoms with E-state index in [0.717, 1.165) is 11.3 Å². The van der Waals surface area contributed by atoms with Crippen molar-refractivity contribution in [2.24, 2.45) is 0 Å². The third-order valence-corrected chi connectivity index (χ3v) is 7.82. The summed E-state index contributed by atoms with van der Waals surface area (Å²) in [5.74, 6) is 0.786. The van der Waals surface area contributed by atoms with Crippen LogP contribution in [0.25, 0.3) is 28.3 Å². The first-order chi connectivity index (χ1) is 18.2. The van der Waals surface area contributed by atoms with Crippen LogP contribution in [0.4, 0.5) is 0 Å². The number of carbonyl (C=O) groups excluding carboxylic acids is 1. The smallest absolute Gasteiger partial charge is 0.185 e. The number of hydrogen-bond donors (Lipinski definition) is 0. The van der Waals surface area contributed by atoms with Gasteiger partial charge in [0.25, 0.3) is 0 Å². The van der Waals surface area contributed by atoms with Crippen LogP contribution in [0.1, 0.15) is 38.2 Å². The van der Waals surface area contributed by atoms with Crippen molar-refractivity contribution >= 4 is 11.9 Å². The van der Waals surface area contributed by atoms with Crippen LogP contribution in [0.15, 0.2) is 121 Å². The molecule has 0 fully saturated rings. The SMILES string of the molecule is COc1ccc(C=CC(=O)c2ccc3c(c2)C2(c4ccccc4-c4ccccc42)c2ccccc2-3)cc1. The van der Waals surface area contributed by atoms with E-state index in [1.54, 1.807) is 13.2 Å². The Balaban J connectivity index is 1.41. The first kappa shape index (κ1) is 21.6. The van der Waals surface area contributed by atoms with Gasteiger partial charge in [-0.25, -0.2) is 0 Å². The number of ketones is 1. The van der Waals surface area contributed by atoms with Crippen molar-refractivity contribution in [3.63, 3.8) is 0 Å². The van der Waals surface area contributed by atoms with Gasteiger partial charge in [0.1, 0.15) is 5.75 Å². The fourth-order valence-corrected chi connectivity index (χ4v) is 6.23. The molecule has 2 heteroatoms. The number of allylic oxidation sites excluding steroid dienone is 1. The van der Waals surface area contributed by atoms with Crippen molar-refractivity contribution in [3.8, 4) is 28.0 Å². The van der Waals surface area contributed by atoms with Gasteiger partial charge in [0.15, 0.2) is 5.78 Å². The van der Waals surface area contributed by atoms with Gasteiger partial charge < -0.3 is 4.74 Å². The van der Waals surface area contributed by atoms with Crippen LogP contribution in [0.5, 0.6) is 5.75 Å². The predicted octanol–water partition coefficient (Wildman–Crippen LogP) is 7.93. The molecule has 0 bridgehead atoms. The minimum absolute atomic E-state index is 0.00992. The average molecular weight is 477 g/mol. The maximum Gasteiger partial charge on any atom is 0.185 e. The minimum Gasteiger partial charge on any atom is -0.497 e. The normalized spacial score (nSPS) is 13.8. The molecule has 0 saturated carbocycles. The van der Waals surface area contributed by atoms with E-state index in [1.807, 2.05) is 36.4 Å². The van der Waals surface area contributed by atoms with Crippen molar-refractivity contribution in [3.05, 3.63) is 155 Å². The molecule has 176 valence electrons. The number of fused-ring (bicyclic) bond motifs is 10. The highest BCUT2D eigenvalue weighted by atomic mass is 16.5. The van der Waals surface area contributed by atoms with Gasteiger partial charge in [-0.2, -0.15) is 0 Å². The van der Waals surface area contributed by atoms with Crippen molar-refractivity contribution in [1.29, 1.82) is 0 Å². The molecule has 5 aromatic rings. The summed E-state index contributed by atoms with van der Waals surface area (Å²) in [5, 5.41) is 0. The number of hydrogen-bond acceptors (Lipinski definition) is 2. The van der Waals surface area contributed by atoms with E-state index in [0.29, 0.717) is 5.56 Å². The Morgan fingerprint density at radius 2 is 1.14 bits per heavy atom. The number of ether oxygens (including phenoxy) is 1. The van der Waals surface area contributed by atoms with E-state index in [1.165, 1.54) is 44.5 Å². The molecular formula is C35H24O2. The lowest BCUT2D eigenvalue weighted by Crippen LogP contribution is -2.26. The molecule has 0 aromatic heterocycles. The Bertz CT molecular complexity index is 1660. The molecule has 1 spiro atoms. The van der Waals surface area contributed by atoms with E-state index in [9.17, 15) is 4.79 Å². The van der Waals surface area contributed by atoms with E-state index in [-0.39, 0.29) is 5.78 Å². The number of rotatable bonds is 4. The van der Waals surface area contributed by atoms with Gasteiger partial charge in [0.05, 0.1) is 12.5 Å². The molecule has 0 saturated heterocycles. The molecule has 0 atom stereocenters. The third-order valence-electron chi connectivity index (χ3n) is 7.82. The number of methoxy groups -OCH3 is 1. The maximum atomic E-state index is 13.4. The van der Waals surface area contributed by atoms with Gasteiger partial charge in [-0.05, 0) is 74.3 Å². The summed E-state index contributed by atoms with van der Waals surface area (Å²) in [4.78, 5) is 13.4. The number of carbonyl (C=O) groups is 1. The fourth-order valence-electron chi connectivity index (χ4n) is 6.23. The molecule has 0 heterocycles. The molecule has 2 aliphatic rings. The van der Waals surface area contributed by atoms with Crippen molar-refractivity contribution in [2.45, 2.75) is 5.41 Å². The topological polar surface area (TPSA) is 26.3 Å². The molecule has 0 radical (unpaired) electrons. The summed E-state index contributed by atoms with van der Waals surface area (Å²) in [6, 6.07) is 40.0. The Morgan fingerprint density at radius 3 is 1.68 bits per heavy atom. The van der Waals surface area contributed by atoms with Crippen LogP contribution in [-0.4, -0.2) is 12.9 Å². The van der Waals surface area contributed by atoms with Crippen LogP contribution in [0.3, 0.4) is 0 Å². The summed E-state index contributed by atoms with van der Waals surface area (Å²) in [5.41, 5.74) is 11.2. The molecule has 0 unspecified atom stereocenters. The third kappa shape index (κ3) is 3.02. The zero-order valence-electron chi connectivity index (χ0n) is 20.4. The lowest BCUT2D eigenvalue weighted by molar-refractivity contribution is 0.104. The Morgan fingerprint density at radius 1 is 0.622 bits per heavy atom. The van der Waals surface area contributed by atoms with Gasteiger partial charge in [-0.3, -0.25) is 4.79 Å². The van der Waals surface area contributed by atoms with Crippen molar-refractivity contribution < 1.29 is 9.53 Å². The largest absolute Gasteiger partial charge is 0.497 e. The van der Waals surface area contributed by atoms with E-state index in [2.05, 4.69) is 84.9 Å².